The minimum Gasteiger partial charge on any atom is -0.358 e. The third-order valence-corrected chi connectivity index (χ3v) is 3.90. The summed E-state index contributed by atoms with van der Waals surface area (Å²) in [5.74, 6) is 1.82. The molecular weight excluding hydrogens is 248 g/mol. The van der Waals surface area contributed by atoms with Crippen LogP contribution >= 0.6 is 0 Å². The Hall–Kier alpha value is -1.16. The molecule has 1 N–H and O–H groups in total. The van der Waals surface area contributed by atoms with Crippen LogP contribution in [0.5, 0.6) is 0 Å². The molecule has 0 unspecified atom stereocenters. The molecule has 1 aliphatic rings. The van der Waals surface area contributed by atoms with Gasteiger partial charge in [-0.25, -0.2) is 0 Å². The standard InChI is InChI=1S/C16H28N4/c1-16(2,3)17-11-14-9-10-15(19-18-14)20(4)12-13-7-5-6-8-13/h9-10,13,17H,5-8,11-12H2,1-4H3. The van der Waals surface area contributed by atoms with Crippen LogP contribution in [0.25, 0.3) is 0 Å². The Balaban J connectivity index is 1.86. The van der Waals surface area contributed by atoms with Crippen LogP contribution in [0.4, 0.5) is 5.82 Å². The van der Waals surface area contributed by atoms with Gasteiger partial charge in [0, 0.05) is 25.7 Å². The molecule has 1 saturated carbocycles. The van der Waals surface area contributed by atoms with Gasteiger partial charge in [-0.3, -0.25) is 0 Å². The van der Waals surface area contributed by atoms with E-state index in [2.05, 4.69) is 60.4 Å². The van der Waals surface area contributed by atoms with Crippen LogP contribution in [0, 0.1) is 5.92 Å². The lowest BCUT2D eigenvalue weighted by Gasteiger charge is -2.22. The number of rotatable bonds is 5. The lowest BCUT2D eigenvalue weighted by Crippen LogP contribution is -2.35. The van der Waals surface area contributed by atoms with Crippen molar-refractivity contribution in [2.45, 2.75) is 58.5 Å². The molecule has 0 aromatic carbocycles. The molecule has 0 bridgehead atoms. The van der Waals surface area contributed by atoms with Gasteiger partial charge in [0.15, 0.2) is 5.82 Å². The number of aromatic nitrogens is 2. The van der Waals surface area contributed by atoms with Gasteiger partial charge >= 0.3 is 0 Å². The first-order valence-electron chi connectivity index (χ1n) is 7.73. The Bertz CT molecular complexity index is 401. The van der Waals surface area contributed by atoms with E-state index in [9.17, 15) is 0 Å². The van der Waals surface area contributed by atoms with Crippen molar-refractivity contribution in [3.05, 3.63) is 17.8 Å². The second kappa shape index (κ2) is 6.53. The van der Waals surface area contributed by atoms with Gasteiger partial charge in [0.1, 0.15) is 0 Å². The Labute approximate surface area is 123 Å². The lowest BCUT2D eigenvalue weighted by molar-refractivity contribution is 0.420. The minimum absolute atomic E-state index is 0.111. The highest BCUT2D eigenvalue weighted by Crippen LogP contribution is 2.26. The summed E-state index contributed by atoms with van der Waals surface area (Å²) in [7, 11) is 2.12. The fourth-order valence-corrected chi connectivity index (χ4v) is 2.68. The molecule has 112 valence electrons. The molecule has 0 radical (unpaired) electrons. The van der Waals surface area contributed by atoms with Gasteiger partial charge in [-0.1, -0.05) is 12.8 Å². The first-order chi connectivity index (χ1) is 9.44. The molecule has 0 saturated heterocycles. The second-order valence-corrected chi connectivity index (χ2v) is 7.02. The van der Waals surface area contributed by atoms with Gasteiger partial charge in [0.25, 0.3) is 0 Å². The van der Waals surface area contributed by atoms with Crippen molar-refractivity contribution in [2.75, 3.05) is 18.5 Å². The van der Waals surface area contributed by atoms with Crippen LogP contribution in [0.3, 0.4) is 0 Å². The van der Waals surface area contributed by atoms with E-state index in [0.717, 1.165) is 30.5 Å². The average molecular weight is 276 g/mol. The normalized spacial score (nSPS) is 16.6. The van der Waals surface area contributed by atoms with Gasteiger partial charge in [-0.15, -0.1) is 5.10 Å². The minimum atomic E-state index is 0.111. The van der Waals surface area contributed by atoms with E-state index in [1.807, 2.05) is 0 Å². The SMILES string of the molecule is CN(CC1CCCC1)c1ccc(CNC(C)(C)C)nn1. The topological polar surface area (TPSA) is 41.0 Å². The van der Waals surface area contributed by atoms with Crippen molar-refractivity contribution >= 4 is 5.82 Å². The number of nitrogens with zero attached hydrogens (tertiary/aromatic N) is 3. The summed E-state index contributed by atoms with van der Waals surface area (Å²) in [6.07, 6.45) is 5.51. The molecule has 20 heavy (non-hydrogen) atoms. The van der Waals surface area contributed by atoms with Crippen LogP contribution in [-0.2, 0) is 6.54 Å². The van der Waals surface area contributed by atoms with E-state index in [0.29, 0.717) is 0 Å². The second-order valence-electron chi connectivity index (χ2n) is 7.02. The van der Waals surface area contributed by atoms with Gasteiger partial charge in [-0.05, 0) is 51.7 Å². The average Bonchev–Trinajstić information content (AvgIpc) is 2.89. The highest BCUT2D eigenvalue weighted by molar-refractivity contribution is 5.36. The number of anilines is 1. The summed E-state index contributed by atoms with van der Waals surface area (Å²) in [4.78, 5) is 2.24. The maximum Gasteiger partial charge on any atom is 0.150 e. The van der Waals surface area contributed by atoms with Crippen molar-refractivity contribution in [3.63, 3.8) is 0 Å². The predicted molar refractivity (Wildman–Crippen MR) is 83.9 cm³/mol. The summed E-state index contributed by atoms with van der Waals surface area (Å²) >= 11 is 0. The van der Waals surface area contributed by atoms with E-state index in [1.165, 1.54) is 25.7 Å². The fourth-order valence-electron chi connectivity index (χ4n) is 2.68. The Kier molecular flexibility index (Phi) is 4.97. The molecule has 4 heteroatoms. The monoisotopic (exact) mass is 276 g/mol. The van der Waals surface area contributed by atoms with Gasteiger partial charge in [-0.2, -0.15) is 5.10 Å². The van der Waals surface area contributed by atoms with Crippen molar-refractivity contribution in [1.29, 1.82) is 0 Å². The molecule has 1 aromatic heterocycles. The Morgan fingerprint density at radius 3 is 2.45 bits per heavy atom. The highest BCUT2D eigenvalue weighted by atomic mass is 15.2. The molecule has 0 amide bonds. The van der Waals surface area contributed by atoms with E-state index in [4.69, 9.17) is 0 Å². The van der Waals surface area contributed by atoms with Crippen LogP contribution in [0.2, 0.25) is 0 Å². The summed E-state index contributed by atoms with van der Waals surface area (Å²) < 4.78 is 0. The fraction of sp³-hybridized carbons (Fsp3) is 0.750. The molecule has 0 spiro atoms. The summed E-state index contributed by atoms with van der Waals surface area (Å²) in [5, 5.41) is 12.1. The Morgan fingerprint density at radius 1 is 1.20 bits per heavy atom. The molecule has 1 fully saturated rings. The van der Waals surface area contributed by atoms with E-state index < -0.39 is 0 Å². The summed E-state index contributed by atoms with van der Waals surface area (Å²) in [6, 6.07) is 4.16. The third kappa shape index (κ3) is 4.75. The molecule has 4 nitrogen and oxygen atoms in total. The first kappa shape index (κ1) is 15.2. The largest absolute Gasteiger partial charge is 0.358 e. The summed E-state index contributed by atoms with van der Waals surface area (Å²) in [6.45, 7) is 8.34. The number of nitrogens with one attached hydrogen (secondary N) is 1. The van der Waals surface area contributed by atoms with E-state index >= 15 is 0 Å². The van der Waals surface area contributed by atoms with Crippen molar-refractivity contribution < 1.29 is 0 Å². The van der Waals surface area contributed by atoms with Crippen LogP contribution in [0.15, 0.2) is 12.1 Å². The molecule has 1 aromatic rings. The molecule has 0 aliphatic heterocycles. The molecule has 2 rings (SSSR count). The molecular formula is C16H28N4. The van der Waals surface area contributed by atoms with Crippen LogP contribution < -0.4 is 10.2 Å². The molecule has 1 heterocycles. The smallest absolute Gasteiger partial charge is 0.150 e. The maximum atomic E-state index is 4.36. The van der Waals surface area contributed by atoms with Gasteiger partial charge in [0.05, 0.1) is 5.69 Å². The molecule has 0 atom stereocenters. The van der Waals surface area contributed by atoms with Crippen molar-refractivity contribution in [2.24, 2.45) is 5.92 Å². The van der Waals surface area contributed by atoms with Gasteiger partial charge < -0.3 is 10.2 Å². The van der Waals surface area contributed by atoms with Crippen molar-refractivity contribution in [3.8, 4) is 0 Å². The number of hydrogen-bond donors (Lipinski definition) is 1. The van der Waals surface area contributed by atoms with Crippen molar-refractivity contribution in [1.82, 2.24) is 15.5 Å². The summed E-state index contributed by atoms with van der Waals surface area (Å²) in [5.41, 5.74) is 1.11. The zero-order valence-corrected chi connectivity index (χ0v) is 13.3. The highest BCUT2D eigenvalue weighted by Gasteiger charge is 2.17. The van der Waals surface area contributed by atoms with Gasteiger partial charge in [0.2, 0.25) is 0 Å². The third-order valence-electron chi connectivity index (χ3n) is 3.90. The first-order valence-corrected chi connectivity index (χ1v) is 7.73. The Morgan fingerprint density at radius 2 is 1.90 bits per heavy atom. The van der Waals surface area contributed by atoms with Crippen LogP contribution in [0.1, 0.15) is 52.1 Å². The molecule has 1 aliphatic carbocycles. The zero-order chi connectivity index (χ0) is 14.6. The van der Waals surface area contributed by atoms with E-state index in [-0.39, 0.29) is 5.54 Å². The quantitative estimate of drug-likeness (QED) is 0.897. The predicted octanol–water partition coefficient (Wildman–Crippen LogP) is 2.99. The lowest BCUT2D eigenvalue weighted by atomic mass is 10.1. The van der Waals surface area contributed by atoms with Crippen LogP contribution in [-0.4, -0.2) is 29.3 Å². The van der Waals surface area contributed by atoms with E-state index in [1.54, 1.807) is 0 Å². The zero-order valence-electron chi connectivity index (χ0n) is 13.3. The number of hydrogen-bond acceptors (Lipinski definition) is 4. The maximum absolute atomic E-state index is 4.36.